The molecule has 1 aromatic rings. The Labute approximate surface area is 135 Å². The van der Waals surface area contributed by atoms with Crippen molar-refractivity contribution in [3.05, 3.63) is 57.7 Å². The fraction of sp³-hybridized carbons (Fsp3) is 0.350. The third-order valence-corrected chi connectivity index (χ3v) is 5.59. The fourth-order valence-corrected chi connectivity index (χ4v) is 4.55. The van der Waals surface area contributed by atoms with Crippen LogP contribution in [0.5, 0.6) is 0 Å². The van der Waals surface area contributed by atoms with Gasteiger partial charge in [-0.05, 0) is 61.6 Å². The quantitative estimate of drug-likeness (QED) is 0.737. The lowest BCUT2D eigenvalue weighted by Gasteiger charge is -2.42. The van der Waals surface area contributed by atoms with Crippen LogP contribution in [0.4, 0.5) is 0 Å². The number of hydrogen-bond acceptors (Lipinski definition) is 3. The van der Waals surface area contributed by atoms with Crippen LogP contribution in [0.1, 0.15) is 65.0 Å². The SMILES string of the molecule is CC1=C2C(=O)Cc3cc4c(cc3C2(C)CCC1)C(=O)C=CC4=O. The Kier molecular flexibility index (Phi) is 2.87. The Morgan fingerprint density at radius 3 is 2.35 bits per heavy atom. The molecule has 3 aliphatic rings. The number of carbonyl (C=O) groups is 3. The molecule has 116 valence electrons. The predicted octanol–water partition coefficient (Wildman–Crippen LogP) is 3.51. The highest BCUT2D eigenvalue weighted by Crippen LogP contribution is 2.48. The van der Waals surface area contributed by atoms with E-state index in [9.17, 15) is 14.4 Å². The van der Waals surface area contributed by atoms with E-state index < -0.39 is 0 Å². The molecule has 1 aromatic carbocycles. The summed E-state index contributed by atoms with van der Waals surface area (Å²) in [4.78, 5) is 37.0. The first kappa shape index (κ1) is 14.3. The van der Waals surface area contributed by atoms with E-state index in [0.29, 0.717) is 17.5 Å². The summed E-state index contributed by atoms with van der Waals surface area (Å²) in [5, 5.41) is 0. The highest BCUT2D eigenvalue weighted by atomic mass is 16.1. The first-order chi connectivity index (χ1) is 10.9. The van der Waals surface area contributed by atoms with Crippen LogP contribution in [-0.4, -0.2) is 17.3 Å². The summed E-state index contributed by atoms with van der Waals surface area (Å²) in [6.45, 7) is 4.16. The number of carbonyl (C=O) groups excluding carboxylic acids is 3. The zero-order valence-electron chi connectivity index (χ0n) is 13.4. The van der Waals surface area contributed by atoms with Gasteiger partial charge in [0.2, 0.25) is 0 Å². The zero-order chi connectivity index (χ0) is 16.4. The maximum Gasteiger partial charge on any atom is 0.186 e. The Bertz CT molecular complexity index is 854. The molecule has 0 amide bonds. The second-order valence-electron chi connectivity index (χ2n) is 7.06. The van der Waals surface area contributed by atoms with Gasteiger partial charge < -0.3 is 0 Å². The molecule has 0 aliphatic heterocycles. The molecule has 0 saturated heterocycles. The van der Waals surface area contributed by atoms with E-state index in [2.05, 4.69) is 6.92 Å². The van der Waals surface area contributed by atoms with E-state index in [-0.39, 0.29) is 22.8 Å². The molecule has 3 nitrogen and oxygen atoms in total. The Balaban J connectivity index is 2.01. The fourth-order valence-electron chi connectivity index (χ4n) is 4.55. The maximum absolute atomic E-state index is 12.7. The largest absolute Gasteiger partial charge is 0.294 e. The van der Waals surface area contributed by atoms with E-state index in [0.717, 1.165) is 36.0 Å². The van der Waals surface area contributed by atoms with Gasteiger partial charge in [-0.15, -0.1) is 0 Å². The highest BCUT2D eigenvalue weighted by Gasteiger charge is 2.44. The summed E-state index contributed by atoms with van der Waals surface area (Å²) in [6.07, 6.45) is 5.92. The molecule has 0 heterocycles. The standard InChI is InChI=1S/C20H18O3/c1-11-4-3-7-20(2)15-10-14-13(16(21)5-6-17(14)22)8-12(15)9-18(23)19(11)20/h5-6,8,10H,3-4,7,9H2,1-2H3. The van der Waals surface area contributed by atoms with Crippen molar-refractivity contribution in [3.8, 4) is 0 Å². The number of benzene rings is 1. The monoisotopic (exact) mass is 306 g/mol. The Morgan fingerprint density at radius 2 is 1.65 bits per heavy atom. The van der Waals surface area contributed by atoms with Gasteiger partial charge in [-0.1, -0.05) is 12.5 Å². The second-order valence-corrected chi connectivity index (χ2v) is 7.06. The van der Waals surface area contributed by atoms with Gasteiger partial charge in [-0.3, -0.25) is 14.4 Å². The van der Waals surface area contributed by atoms with Crippen molar-refractivity contribution < 1.29 is 14.4 Å². The molecule has 4 rings (SSSR count). The number of fused-ring (bicyclic) bond motifs is 4. The molecular formula is C20H18O3. The molecule has 3 aliphatic carbocycles. The average molecular weight is 306 g/mol. The summed E-state index contributed by atoms with van der Waals surface area (Å²) in [6, 6.07) is 3.65. The van der Waals surface area contributed by atoms with Gasteiger partial charge in [0.25, 0.3) is 0 Å². The topological polar surface area (TPSA) is 51.2 Å². The summed E-state index contributed by atoms with van der Waals surface area (Å²) in [5.74, 6) is -0.107. The third kappa shape index (κ3) is 1.86. The van der Waals surface area contributed by atoms with E-state index >= 15 is 0 Å². The molecule has 3 heteroatoms. The number of Topliss-reactive ketones (excluding diaryl/α,β-unsaturated/α-hetero) is 1. The molecular weight excluding hydrogens is 288 g/mol. The van der Waals surface area contributed by atoms with Crippen molar-refractivity contribution in [1.29, 1.82) is 0 Å². The molecule has 0 bridgehead atoms. The Morgan fingerprint density at radius 1 is 1.00 bits per heavy atom. The minimum Gasteiger partial charge on any atom is -0.294 e. The lowest BCUT2D eigenvalue weighted by molar-refractivity contribution is -0.116. The van der Waals surface area contributed by atoms with Crippen molar-refractivity contribution in [2.75, 3.05) is 0 Å². The number of rotatable bonds is 0. The summed E-state index contributed by atoms with van der Waals surface area (Å²) >= 11 is 0. The van der Waals surface area contributed by atoms with E-state index in [1.54, 1.807) is 6.07 Å². The molecule has 0 saturated carbocycles. The third-order valence-electron chi connectivity index (χ3n) is 5.59. The van der Waals surface area contributed by atoms with Crippen LogP contribution in [0.25, 0.3) is 0 Å². The van der Waals surface area contributed by atoms with Crippen LogP contribution in [-0.2, 0) is 16.6 Å². The van der Waals surface area contributed by atoms with Crippen molar-refractivity contribution in [2.45, 2.75) is 44.9 Å². The minimum absolute atomic E-state index is 0.124. The van der Waals surface area contributed by atoms with Gasteiger partial charge in [-0.2, -0.15) is 0 Å². The Hall–Kier alpha value is -2.29. The van der Waals surface area contributed by atoms with Crippen LogP contribution < -0.4 is 0 Å². The first-order valence-corrected chi connectivity index (χ1v) is 8.09. The summed E-state index contributed by atoms with van der Waals surface area (Å²) < 4.78 is 0. The van der Waals surface area contributed by atoms with Gasteiger partial charge in [-0.25, -0.2) is 0 Å². The van der Waals surface area contributed by atoms with Crippen molar-refractivity contribution in [3.63, 3.8) is 0 Å². The van der Waals surface area contributed by atoms with Crippen LogP contribution in [0.2, 0.25) is 0 Å². The van der Waals surface area contributed by atoms with Gasteiger partial charge in [0.05, 0.1) is 0 Å². The lowest BCUT2D eigenvalue weighted by atomic mass is 9.60. The first-order valence-electron chi connectivity index (χ1n) is 8.09. The van der Waals surface area contributed by atoms with Crippen LogP contribution in [0, 0.1) is 0 Å². The van der Waals surface area contributed by atoms with E-state index in [1.807, 2.05) is 13.0 Å². The lowest BCUT2D eigenvalue weighted by Crippen LogP contribution is -2.39. The number of hydrogen-bond donors (Lipinski definition) is 0. The van der Waals surface area contributed by atoms with E-state index in [1.165, 1.54) is 17.7 Å². The van der Waals surface area contributed by atoms with E-state index in [4.69, 9.17) is 0 Å². The smallest absolute Gasteiger partial charge is 0.186 e. The molecule has 0 aromatic heterocycles. The predicted molar refractivity (Wildman–Crippen MR) is 86.9 cm³/mol. The molecule has 0 spiro atoms. The molecule has 0 fully saturated rings. The molecule has 23 heavy (non-hydrogen) atoms. The van der Waals surface area contributed by atoms with Crippen molar-refractivity contribution >= 4 is 17.3 Å². The van der Waals surface area contributed by atoms with Gasteiger partial charge in [0.15, 0.2) is 17.3 Å². The normalized spacial score (nSPS) is 26.1. The molecule has 1 unspecified atom stereocenters. The minimum atomic E-state index is -0.327. The number of allylic oxidation sites excluding steroid dienone is 4. The van der Waals surface area contributed by atoms with Gasteiger partial charge in [0.1, 0.15) is 0 Å². The average Bonchev–Trinajstić information content (AvgIpc) is 2.50. The van der Waals surface area contributed by atoms with Crippen LogP contribution >= 0.6 is 0 Å². The molecule has 0 radical (unpaired) electrons. The summed E-state index contributed by atoms with van der Waals surface area (Å²) in [7, 11) is 0. The van der Waals surface area contributed by atoms with Crippen molar-refractivity contribution in [1.82, 2.24) is 0 Å². The van der Waals surface area contributed by atoms with Gasteiger partial charge in [0, 0.05) is 28.5 Å². The van der Waals surface area contributed by atoms with Crippen molar-refractivity contribution in [2.24, 2.45) is 0 Å². The molecule has 1 atom stereocenters. The second kappa shape index (κ2) is 4.60. The highest BCUT2D eigenvalue weighted by molar-refractivity contribution is 6.22. The maximum atomic E-state index is 12.7. The molecule has 0 N–H and O–H groups in total. The van der Waals surface area contributed by atoms with Gasteiger partial charge >= 0.3 is 0 Å². The van der Waals surface area contributed by atoms with Crippen LogP contribution in [0.15, 0.2) is 35.4 Å². The summed E-state index contributed by atoms with van der Waals surface area (Å²) in [5.41, 5.74) is 4.66. The zero-order valence-corrected chi connectivity index (χ0v) is 13.4. The van der Waals surface area contributed by atoms with Crippen LogP contribution in [0.3, 0.4) is 0 Å². The number of ketones is 3.